The van der Waals surface area contributed by atoms with Crippen LogP contribution in [0.5, 0.6) is 0 Å². The van der Waals surface area contributed by atoms with Crippen molar-refractivity contribution >= 4 is 23.8 Å². The van der Waals surface area contributed by atoms with Crippen molar-refractivity contribution in [2.24, 2.45) is 0 Å². The zero-order valence-electron chi connectivity index (χ0n) is 19.8. The summed E-state index contributed by atoms with van der Waals surface area (Å²) in [6.07, 6.45) is 0. The van der Waals surface area contributed by atoms with Gasteiger partial charge in [-0.25, -0.2) is 0 Å². The Morgan fingerprint density at radius 2 is 0.645 bits per heavy atom. The van der Waals surface area contributed by atoms with Gasteiger partial charge in [-0.1, -0.05) is 72.8 Å². The maximum atomic E-state index is 2.33. The van der Waals surface area contributed by atoms with Gasteiger partial charge in [0.25, 0.3) is 0 Å². The standard InChI is InChI=1S/C27H36N3P/c1-28(2)19-22-7-13-25(14-8-22)31(26-15-9-23(10-16-26)20-29(3)4)27-17-11-24(12-18-27)21-30(5)6/h7-18H,19-21H2,1-6H3. The molecule has 0 heterocycles. The first kappa shape index (κ1) is 23.6. The Bertz CT molecular complexity index is 803. The van der Waals surface area contributed by atoms with Gasteiger partial charge in [0, 0.05) is 19.6 Å². The highest BCUT2D eigenvalue weighted by molar-refractivity contribution is 7.79. The van der Waals surface area contributed by atoms with E-state index in [-0.39, 0.29) is 0 Å². The summed E-state index contributed by atoms with van der Waals surface area (Å²) in [4.78, 5) is 6.64. The minimum Gasteiger partial charge on any atom is -0.305 e. The molecule has 0 saturated heterocycles. The molecule has 31 heavy (non-hydrogen) atoms. The number of hydrogen-bond acceptors (Lipinski definition) is 3. The van der Waals surface area contributed by atoms with Gasteiger partial charge in [-0.15, -0.1) is 0 Å². The van der Waals surface area contributed by atoms with Crippen LogP contribution in [0.25, 0.3) is 0 Å². The molecule has 0 saturated carbocycles. The zero-order valence-corrected chi connectivity index (χ0v) is 20.7. The van der Waals surface area contributed by atoms with Crippen LogP contribution in [0.15, 0.2) is 72.8 Å². The van der Waals surface area contributed by atoms with Gasteiger partial charge in [0.15, 0.2) is 0 Å². The van der Waals surface area contributed by atoms with Crippen LogP contribution in [0.3, 0.4) is 0 Å². The average molecular weight is 434 g/mol. The highest BCUT2D eigenvalue weighted by Crippen LogP contribution is 2.33. The van der Waals surface area contributed by atoms with Gasteiger partial charge in [-0.3, -0.25) is 0 Å². The molecule has 0 amide bonds. The molecule has 0 radical (unpaired) electrons. The molecule has 0 aromatic heterocycles. The lowest BCUT2D eigenvalue weighted by Gasteiger charge is -2.21. The highest BCUT2D eigenvalue weighted by atomic mass is 31.1. The topological polar surface area (TPSA) is 9.72 Å². The van der Waals surface area contributed by atoms with Crippen molar-refractivity contribution in [1.29, 1.82) is 0 Å². The lowest BCUT2D eigenvalue weighted by Crippen LogP contribution is -2.22. The molecular formula is C27H36N3P. The smallest absolute Gasteiger partial charge is 0.0227 e. The minimum atomic E-state index is -0.585. The molecule has 0 unspecified atom stereocenters. The Morgan fingerprint density at radius 1 is 0.419 bits per heavy atom. The van der Waals surface area contributed by atoms with Crippen molar-refractivity contribution < 1.29 is 0 Å². The number of hydrogen-bond donors (Lipinski definition) is 0. The molecule has 164 valence electrons. The first-order valence-corrected chi connectivity index (χ1v) is 12.2. The Labute approximate surface area is 190 Å². The van der Waals surface area contributed by atoms with Crippen LogP contribution in [-0.4, -0.2) is 57.0 Å². The molecule has 0 aliphatic carbocycles. The van der Waals surface area contributed by atoms with E-state index in [1.807, 2.05) is 0 Å². The summed E-state index contributed by atoms with van der Waals surface area (Å²) in [6, 6.07) is 27.7. The fourth-order valence-corrected chi connectivity index (χ4v) is 6.03. The number of nitrogens with zero attached hydrogens (tertiary/aromatic N) is 3. The van der Waals surface area contributed by atoms with E-state index in [0.717, 1.165) is 19.6 Å². The molecule has 0 fully saturated rings. The summed E-state index contributed by atoms with van der Waals surface area (Å²) in [5.41, 5.74) is 4.06. The minimum absolute atomic E-state index is 0.585. The Kier molecular flexibility index (Phi) is 8.40. The molecule has 0 spiro atoms. The third-order valence-corrected chi connectivity index (χ3v) is 7.52. The SMILES string of the molecule is CN(C)Cc1ccc(P(c2ccc(CN(C)C)cc2)c2ccc(CN(C)C)cc2)cc1. The van der Waals surface area contributed by atoms with E-state index in [9.17, 15) is 0 Å². The van der Waals surface area contributed by atoms with Crippen molar-refractivity contribution in [3.05, 3.63) is 89.5 Å². The first-order valence-electron chi connectivity index (χ1n) is 10.8. The predicted octanol–water partition coefficient (Wildman–Crippen LogP) is 3.63. The Hall–Kier alpha value is -2.03. The third-order valence-electron chi connectivity index (χ3n) is 5.08. The van der Waals surface area contributed by atoms with Crippen molar-refractivity contribution in [2.45, 2.75) is 19.6 Å². The molecule has 0 N–H and O–H groups in total. The normalized spacial score (nSPS) is 11.8. The molecule has 0 atom stereocenters. The van der Waals surface area contributed by atoms with Gasteiger partial charge in [-0.2, -0.15) is 0 Å². The maximum absolute atomic E-state index is 2.33. The molecular weight excluding hydrogens is 397 g/mol. The second-order valence-electron chi connectivity index (χ2n) is 9.05. The molecule has 0 bridgehead atoms. The average Bonchev–Trinajstić information content (AvgIpc) is 2.71. The van der Waals surface area contributed by atoms with Gasteiger partial charge >= 0.3 is 0 Å². The third kappa shape index (κ3) is 6.98. The second kappa shape index (κ2) is 11.0. The van der Waals surface area contributed by atoms with E-state index < -0.39 is 7.92 Å². The Morgan fingerprint density at radius 3 is 0.839 bits per heavy atom. The monoisotopic (exact) mass is 433 g/mol. The Balaban J connectivity index is 1.95. The summed E-state index contributed by atoms with van der Waals surface area (Å²) in [6.45, 7) is 2.91. The molecule has 3 aromatic rings. The quantitative estimate of drug-likeness (QED) is 0.477. The van der Waals surface area contributed by atoms with Gasteiger partial charge in [0.1, 0.15) is 0 Å². The first-order chi connectivity index (χ1) is 14.8. The van der Waals surface area contributed by atoms with E-state index in [0.29, 0.717) is 0 Å². The summed E-state index contributed by atoms with van der Waals surface area (Å²) in [5, 5.41) is 4.20. The van der Waals surface area contributed by atoms with Crippen LogP contribution in [-0.2, 0) is 19.6 Å². The van der Waals surface area contributed by atoms with Crippen LogP contribution in [0, 0.1) is 0 Å². The van der Waals surface area contributed by atoms with E-state index in [4.69, 9.17) is 0 Å². The van der Waals surface area contributed by atoms with E-state index in [2.05, 4.69) is 130 Å². The van der Waals surface area contributed by atoms with E-state index in [1.165, 1.54) is 32.6 Å². The van der Waals surface area contributed by atoms with E-state index >= 15 is 0 Å². The van der Waals surface area contributed by atoms with Crippen LogP contribution >= 0.6 is 7.92 Å². The largest absolute Gasteiger partial charge is 0.305 e. The molecule has 3 rings (SSSR count). The highest BCUT2D eigenvalue weighted by Gasteiger charge is 2.17. The lowest BCUT2D eigenvalue weighted by atomic mass is 10.2. The molecule has 3 aromatic carbocycles. The summed E-state index contributed by atoms with van der Waals surface area (Å²) in [5.74, 6) is 0. The van der Waals surface area contributed by atoms with Gasteiger partial charge in [0.05, 0.1) is 0 Å². The van der Waals surface area contributed by atoms with Crippen LogP contribution < -0.4 is 15.9 Å². The number of rotatable bonds is 9. The zero-order chi connectivity index (χ0) is 22.4. The predicted molar refractivity (Wildman–Crippen MR) is 137 cm³/mol. The maximum Gasteiger partial charge on any atom is 0.0227 e. The van der Waals surface area contributed by atoms with Crippen molar-refractivity contribution in [2.75, 3.05) is 42.3 Å². The van der Waals surface area contributed by atoms with Crippen molar-refractivity contribution in [3.63, 3.8) is 0 Å². The summed E-state index contributed by atoms with van der Waals surface area (Å²) < 4.78 is 0. The van der Waals surface area contributed by atoms with Crippen LogP contribution in [0.4, 0.5) is 0 Å². The summed E-state index contributed by atoms with van der Waals surface area (Å²) >= 11 is 0. The fraction of sp³-hybridized carbons (Fsp3) is 0.333. The van der Waals surface area contributed by atoms with Gasteiger partial charge in [-0.05, 0) is 82.8 Å². The fourth-order valence-electron chi connectivity index (χ4n) is 3.79. The van der Waals surface area contributed by atoms with Crippen LogP contribution in [0.2, 0.25) is 0 Å². The molecule has 3 nitrogen and oxygen atoms in total. The molecule has 0 aliphatic rings. The van der Waals surface area contributed by atoms with Gasteiger partial charge in [0.2, 0.25) is 0 Å². The van der Waals surface area contributed by atoms with Crippen LogP contribution in [0.1, 0.15) is 16.7 Å². The van der Waals surface area contributed by atoms with Crippen molar-refractivity contribution in [1.82, 2.24) is 14.7 Å². The molecule has 0 aliphatic heterocycles. The van der Waals surface area contributed by atoms with Gasteiger partial charge < -0.3 is 14.7 Å². The summed E-state index contributed by atoms with van der Waals surface area (Å²) in [7, 11) is 12.1. The van der Waals surface area contributed by atoms with Crippen molar-refractivity contribution in [3.8, 4) is 0 Å². The second-order valence-corrected chi connectivity index (χ2v) is 11.3. The van der Waals surface area contributed by atoms with E-state index in [1.54, 1.807) is 0 Å². The lowest BCUT2D eigenvalue weighted by molar-refractivity contribution is 0.402. The number of benzene rings is 3. The molecule has 4 heteroatoms.